The highest BCUT2D eigenvalue weighted by Crippen LogP contribution is 2.30. The van der Waals surface area contributed by atoms with Crippen LogP contribution < -0.4 is 5.73 Å². The molecule has 19 heavy (non-hydrogen) atoms. The smallest absolute Gasteiger partial charge is 0.128 e. The van der Waals surface area contributed by atoms with Crippen LogP contribution in [-0.2, 0) is 0 Å². The predicted octanol–water partition coefficient (Wildman–Crippen LogP) is 3.96. The van der Waals surface area contributed by atoms with Crippen LogP contribution in [0.3, 0.4) is 0 Å². The van der Waals surface area contributed by atoms with E-state index in [4.69, 9.17) is 28.9 Å². The molecule has 2 rings (SSSR count). The van der Waals surface area contributed by atoms with Crippen LogP contribution in [0.25, 0.3) is 0 Å². The third-order valence-corrected chi connectivity index (χ3v) is 3.39. The van der Waals surface area contributed by atoms with Gasteiger partial charge in [-0.2, -0.15) is 5.10 Å². The molecule has 1 atom stereocenters. The Kier molecular flexibility index (Phi) is 4.13. The minimum atomic E-state index is -0.712. The third-order valence-electron chi connectivity index (χ3n) is 2.86. The quantitative estimate of drug-likeness (QED) is 0.932. The number of hydrogen-bond acceptors (Lipinski definition) is 2. The van der Waals surface area contributed by atoms with E-state index in [2.05, 4.69) is 5.10 Å². The van der Waals surface area contributed by atoms with Crippen molar-refractivity contribution < 1.29 is 4.39 Å². The van der Waals surface area contributed by atoms with Gasteiger partial charge in [0.15, 0.2) is 0 Å². The summed E-state index contributed by atoms with van der Waals surface area (Å²) in [6.45, 7) is 3.90. The maximum Gasteiger partial charge on any atom is 0.128 e. The Morgan fingerprint density at radius 1 is 1.32 bits per heavy atom. The van der Waals surface area contributed by atoms with E-state index in [-0.39, 0.29) is 6.04 Å². The molecule has 1 aromatic carbocycles. The van der Waals surface area contributed by atoms with Gasteiger partial charge in [0.25, 0.3) is 0 Å². The number of hydrogen-bond donors (Lipinski definition) is 1. The molecule has 0 aliphatic heterocycles. The third kappa shape index (κ3) is 2.76. The minimum Gasteiger partial charge on any atom is -0.319 e. The van der Waals surface area contributed by atoms with Crippen LogP contribution in [-0.4, -0.2) is 9.78 Å². The maximum atomic E-state index is 13.9. The van der Waals surface area contributed by atoms with Gasteiger partial charge in [-0.3, -0.25) is 4.68 Å². The number of benzene rings is 1. The Morgan fingerprint density at radius 3 is 2.63 bits per heavy atom. The lowest BCUT2D eigenvalue weighted by Gasteiger charge is -2.18. The first-order valence-electron chi connectivity index (χ1n) is 5.85. The molecule has 2 aromatic rings. The molecule has 0 bridgehead atoms. The van der Waals surface area contributed by atoms with Gasteiger partial charge in [0.1, 0.15) is 5.82 Å². The van der Waals surface area contributed by atoms with Crippen LogP contribution in [0.15, 0.2) is 24.4 Å². The molecule has 0 amide bonds. The predicted molar refractivity (Wildman–Crippen MR) is 75.1 cm³/mol. The highest BCUT2D eigenvalue weighted by Gasteiger charge is 2.22. The molecule has 0 saturated heterocycles. The maximum absolute atomic E-state index is 13.9. The average molecular weight is 302 g/mol. The number of nitrogens with zero attached hydrogens (tertiary/aromatic N) is 2. The van der Waals surface area contributed by atoms with E-state index in [9.17, 15) is 4.39 Å². The molecular weight excluding hydrogens is 288 g/mol. The van der Waals surface area contributed by atoms with Crippen LogP contribution in [0.4, 0.5) is 4.39 Å². The van der Waals surface area contributed by atoms with Gasteiger partial charge in [-0.15, -0.1) is 0 Å². The van der Waals surface area contributed by atoms with Gasteiger partial charge in [0.05, 0.1) is 23.0 Å². The Morgan fingerprint density at radius 2 is 2.00 bits per heavy atom. The van der Waals surface area contributed by atoms with Crippen molar-refractivity contribution in [2.24, 2.45) is 5.73 Å². The summed E-state index contributed by atoms with van der Waals surface area (Å²) in [5, 5.41) is 5.01. The van der Waals surface area contributed by atoms with E-state index in [0.717, 1.165) is 0 Å². The van der Waals surface area contributed by atoms with Crippen molar-refractivity contribution in [1.82, 2.24) is 9.78 Å². The van der Waals surface area contributed by atoms with Gasteiger partial charge in [0, 0.05) is 16.6 Å². The van der Waals surface area contributed by atoms with Gasteiger partial charge in [0.2, 0.25) is 0 Å². The fraction of sp³-hybridized carbons (Fsp3) is 0.308. The van der Waals surface area contributed by atoms with E-state index in [0.29, 0.717) is 21.3 Å². The number of halogens is 3. The first-order valence-corrected chi connectivity index (χ1v) is 6.60. The fourth-order valence-corrected chi connectivity index (χ4v) is 2.38. The van der Waals surface area contributed by atoms with Crippen LogP contribution in [0.1, 0.15) is 37.2 Å². The molecule has 1 unspecified atom stereocenters. The van der Waals surface area contributed by atoms with E-state index in [1.807, 2.05) is 13.8 Å². The van der Waals surface area contributed by atoms with Gasteiger partial charge < -0.3 is 5.73 Å². The summed E-state index contributed by atoms with van der Waals surface area (Å²) in [5.41, 5.74) is 7.01. The molecule has 102 valence electrons. The zero-order valence-corrected chi connectivity index (χ0v) is 12.1. The Hall–Kier alpha value is -1.10. The summed E-state index contributed by atoms with van der Waals surface area (Å²) in [4.78, 5) is 0. The van der Waals surface area contributed by atoms with Crippen LogP contribution in [0.5, 0.6) is 0 Å². The molecule has 0 aliphatic rings. The fourth-order valence-electron chi connectivity index (χ4n) is 1.95. The van der Waals surface area contributed by atoms with Crippen molar-refractivity contribution in [2.45, 2.75) is 25.9 Å². The van der Waals surface area contributed by atoms with Crippen molar-refractivity contribution >= 4 is 23.2 Å². The molecule has 1 heterocycles. The molecule has 1 aromatic heterocycles. The standard InChI is InChI=1S/C13H14Cl2FN3/c1-7(2)19-13(10(15)6-18-19)12(17)9-5-8(14)3-4-11(9)16/h3-7,12H,17H2,1-2H3. The second-order valence-corrected chi connectivity index (χ2v) is 5.40. The molecule has 2 N–H and O–H groups in total. The molecule has 6 heteroatoms. The van der Waals surface area contributed by atoms with E-state index in [1.165, 1.54) is 24.4 Å². The van der Waals surface area contributed by atoms with Gasteiger partial charge >= 0.3 is 0 Å². The first kappa shape index (κ1) is 14.3. The normalized spacial score (nSPS) is 13.0. The summed E-state index contributed by atoms with van der Waals surface area (Å²) in [7, 11) is 0. The molecule has 0 radical (unpaired) electrons. The van der Waals surface area contributed by atoms with Gasteiger partial charge in [-0.25, -0.2) is 4.39 Å². The Balaban J connectivity index is 2.52. The number of nitrogens with two attached hydrogens (primary N) is 1. The molecule has 0 fully saturated rings. The van der Waals surface area contributed by atoms with Crippen molar-refractivity contribution in [1.29, 1.82) is 0 Å². The first-order chi connectivity index (χ1) is 8.91. The van der Waals surface area contributed by atoms with Crippen LogP contribution >= 0.6 is 23.2 Å². The molecule has 0 saturated carbocycles. The second-order valence-electron chi connectivity index (χ2n) is 4.56. The zero-order chi connectivity index (χ0) is 14.2. The molecule has 0 aliphatic carbocycles. The topological polar surface area (TPSA) is 43.8 Å². The Bertz CT molecular complexity index is 596. The highest BCUT2D eigenvalue weighted by atomic mass is 35.5. The number of rotatable bonds is 3. The monoisotopic (exact) mass is 301 g/mol. The Labute approximate surface area is 121 Å². The lowest BCUT2D eigenvalue weighted by molar-refractivity contribution is 0.494. The van der Waals surface area contributed by atoms with Crippen molar-refractivity contribution in [3.05, 3.63) is 51.5 Å². The number of aromatic nitrogens is 2. The van der Waals surface area contributed by atoms with Crippen LogP contribution in [0, 0.1) is 5.82 Å². The van der Waals surface area contributed by atoms with Crippen molar-refractivity contribution in [3.8, 4) is 0 Å². The lowest BCUT2D eigenvalue weighted by Crippen LogP contribution is -2.20. The summed E-state index contributed by atoms with van der Waals surface area (Å²) in [5.74, 6) is -0.413. The largest absolute Gasteiger partial charge is 0.319 e. The summed E-state index contributed by atoms with van der Waals surface area (Å²) < 4.78 is 15.6. The zero-order valence-electron chi connectivity index (χ0n) is 10.6. The van der Waals surface area contributed by atoms with Gasteiger partial charge in [-0.1, -0.05) is 23.2 Å². The highest BCUT2D eigenvalue weighted by molar-refractivity contribution is 6.31. The van der Waals surface area contributed by atoms with E-state index < -0.39 is 11.9 Å². The van der Waals surface area contributed by atoms with Crippen molar-refractivity contribution in [3.63, 3.8) is 0 Å². The molecular formula is C13H14Cl2FN3. The lowest BCUT2D eigenvalue weighted by atomic mass is 10.0. The van der Waals surface area contributed by atoms with E-state index in [1.54, 1.807) is 4.68 Å². The minimum absolute atomic E-state index is 0.0794. The average Bonchev–Trinajstić information content (AvgIpc) is 2.73. The summed E-state index contributed by atoms with van der Waals surface area (Å²) >= 11 is 12.0. The second kappa shape index (κ2) is 5.49. The van der Waals surface area contributed by atoms with Crippen molar-refractivity contribution in [2.75, 3.05) is 0 Å². The summed E-state index contributed by atoms with van der Waals surface area (Å²) in [6, 6.07) is 3.65. The summed E-state index contributed by atoms with van der Waals surface area (Å²) in [6.07, 6.45) is 1.51. The van der Waals surface area contributed by atoms with Gasteiger partial charge in [-0.05, 0) is 32.0 Å². The van der Waals surface area contributed by atoms with Crippen LogP contribution in [0.2, 0.25) is 10.0 Å². The molecule has 0 spiro atoms. The van der Waals surface area contributed by atoms with E-state index >= 15 is 0 Å². The molecule has 3 nitrogen and oxygen atoms in total. The SMILES string of the molecule is CC(C)n1ncc(Cl)c1C(N)c1cc(Cl)ccc1F.